The van der Waals surface area contributed by atoms with E-state index < -0.39 is 0 Å². The summed E-state index contributed by atoms with van der Waals surface area (Å²) in [5, 5.41) is 10.2. The molecule has 1 heterocycles. The molecule has 1 aromatic carbocycles. The number of aliphatic imine (C=N–C) groups is 1. The lowest BCUT2D eigenvalue weighted by atomic mass is 10.1. The molecule has 24 heavy (non-hydrogen) atoms. The predicted octanol–water partition coefficient (Wildman–Crippen LogP) is 2.70. The van der Waals surface area contributed by atoms with Crippen molar-refractivity contribution < 1.29 is 4.74 Å². The summed E-state index contributed by atoms with van der Waals surface area (Å²) in [6.07, 6.45) is 2.60. The molecule has 0 bridgehead atoms. The van der Waals surface area contributed by atoms with Crippen LogP contribution in [-0.4, -0.2) is 50.3 Å². The van der Waals surface area contributed by atoms with Crippen LogP contribution in [0.1, 0.15) is 25.3 Å². The van der Waals surface area contributed by atoms with Crippen LogP contribution in [0.2, 0.25) is 0 Å². The Balaban J connectivity index is 1.74. The maximum absolute atomic E-state index is 5.04. The smallest absolute Gasteiger partial charge is 0.191 e. The quantitative estimate of drug-likeness (QED) is 0.382. The minimum Gasteiger partial charge on any atom is -0.383 e. The van der Waals surface area contributed by atoms with Crippen molar-refractivity contribution in [3.63, 3.8) is 0 Å². The van der Waals surface area contributed by atoms with E-state index in [0.29, 0.717) is 11.4 Å². The molecule has 6 heteroatoms. The number of ether oxygens (including phenoxy) is 1. The molecule has 0 spiro atoms. The Morgan fingerprint density at radius 2 is 2.08 bits per heavy atom. The van der Waals surface area contributed by atoms with Gasteiger partial charge in [-0.2, -0.15) is 11.8 Å². The van der Waals surface area contributed by atoms with Gasteiger partial charge in [0.25, 0.3) is 0 Å². The molecular formula is C18H30N4OS. The maximum Gasteiger partial charge on any atom is 0.191 e. The lowest BCUT2D eigenvalue weighted by Crippen LogP contribution is -2.43. The number of methoxy groups -OCH3 is 1. The molecule has 2 rings (SSSR count). The van der Waals surface area contributed by atoms with Crippen LogP contribution < -0.4 is 16.0 Å². The van der Waals surface area contributed by atoms with Crippen LogP contribution in [0, 0.1) is 0 Å². The third-order valence-electron chi connectivity index (χ3n) is 4.20. The molecule has 1 aliphatic rings. The molecule has 1 fully saturated rings. The zero-order valence-electron chi connectivity index (χ0n) is 15.0. The van der Waals surface area contributed by atoms with Crippen LogP contribution in [0.5, 0.6) is 0 Å². The highest BCUT2D eigenvalue weighted by atomic mass is 32.2. The molecule has 0 aromatic heterocycles. The van der Waals surface area contributed by atoms with E-state index in [0.717, 1.165) is 31.3 Å². The first-order valence-corrected chi connectivity index (χ1v) is 9.54. The van der Waals surface area contributed by atoms with Crippen LogP contribution in [0.25, 0.3) is 0 Å². The fraction of sp³-hybridized carbons (Fsp3) is 0.611. The van der Waals surface area contributed by atoms with Gasteiger partial charge in [-0.05, 0) is 43.2 Å². The molecule has 0 saturated carbocycles. The van der Waals surface area contributed by atoms with Gasteiger partial charge in [-0.25, -0.2) is 0 Å². The van der Waals surface area contributed by atoms with Crippen molar-refractivity contribution in [2.45, 2.75) is 31.1 Å². The first-order valence-electron chi connectivity index (χ1n) is 8.55. The monoisotopic (exact) mass is 350 g/mol. The Morgan fingerprint density at radius 3 is 2.71 bits per heavy atom. The normalized spacial score (nSPS) is 20.9. The minimum atomic E-state index is 0.340. The second-order valence-corrected chi connectivity index (χ2v) is 7.98. The Morgan fingerprint density at radius 1 is 1.29 bits per heavy atom. The molecule has 1 atom stereocenters. The van der Waals surface area contributed by atoms with E-state index in [1.807, 2.05) is 7.05 Å². The summed E-state index contributed by atoms with van der Waals surface area (Å²) in [7, 11) is 3.53. The molecule has 0 aliphatic carbocycles. The summed E-state index contributed by atoms with van der Waals surface area (Å²) in [6.45, 7) is 5.59. The first kappa shape index (κ1) is 18.9. The van der Waals surface area contributed by atoms with E-state index in [-0.39, 0.29) is 0 Å². The van der Waals surface area contributed by atoms with Crippen molar-refractivity contribution in [3.8, 4) is 0 Å². The lowest BCUT2D eigenvalue weighted by molar-refractivity contribution is 0.211. The van der Waals surface area contributed by atoms with Crippen molar-refractivity contribution >= 4 is 23.4 Å². The highest BCUT2D eigenvalue weighted by Crippen LogP contribution is 2.36. The minimum absolute atomic E-state index is 0.340. The number of hydrogen-bond acceptors (Lipinski definition) is 4. The number of nitrogens with zero attached hydrogens (tertiary/aromatic N) is 1. The number of thioether (sulfide) groups is 1. The summed E-state index contributed by atoms with van der Waals surface area (Å²) in [5.74, 6) is 2.14. The molecule has 1 unspecified atom stereocenters. The van der Waals surface area contributed by atoms with Gasteiger partial charge in [0, 0.05) is 44.2 Å². The summed E-state index contributed by atoms with van der Waals surface area (Å²) < 4.78 is 5.38. The number of anilines is 1. The molecule has 134 valence electrons. The number of rotatable bonds is 8. The molecular weight excluding hydrogens is 320 g/mol. The Hall–Kier alpha value is -1.40. The van der Waals surface area contributed by atoms with E-state index in [1.54, 1.807) is 7.11 Å². The largest absolute Gasteiger partial charge is 0.383 e. The number of guanidine groups is 1. The highest BCUT2D eigenvalue weighted by molar-refractivity contribution is 8.00. The van der Waals surface area contributed by atoms with Gasteiger partial charge in [-0.3, -0.25) is 4.99 Å². The van der Waals surface area contributed by atoms with Crippen LogP contribution in [-0.2, 0) is 11.3 Å². The van der Waals surface area contributed by atoms with Crippen molar-refractivity contribution in [2.75, 3.05) is 44.9 Å². The van der Waals surface area contributed by atoms with Crippen LogP contribution in [0.3, 0.4) is 0 Å². The van der Waals surface area contributed by atoms with Crippen LogP contribution in [0.15, 0.2) is 29.3 Å². The molecule has 5 nitrogen and oxygen atoms in total. The van der Waals surface area contributed by atoms with Crippen molar-refractivity contribution in [1.29, 1.82) is 0 Å². The SMILES string of the molecule is CN=C(NCc1ccc(NCCOC)cc1)NCC1(C)CCCS1. The van der Waals surface area contributed by atoms with Crippen molar-refractivity contribution in [1.82, 2.24) is 10.6 Å². The van der Waals surface area contributed by atoms with Crippen LogP contribution >= 0.6 is 11.8 Å². The highest BCUT2D eigenvalue weighted by Gasteiger charge is 2.29. The van der Waals surface area contributed by atoms with Crippen LogP contribution in [0.4, 0.5) is 5.69 Å². The van der Waals surface area contributed by atoms with Gasteiger partial charge in [-0.15, -0.1) is 0 Å². The van der Waals surface area contributed by atoms with Gasteiger partial charge in [0.05, 0.1) is 6.61 Å². The van der Waals surface area contributed by atoms with E-state index in [9.17, 15) is 0 Å². The van der Waals surface area contributed by atoms with Gasteiger partial charge < -0.3 is 20.7 Å². The Kier molecular flexibility index (Phi) is 7.72. The van der Waals surface area contributed by atoms with E-state index in [2.05, 4.69) is 63.9 Å². The van der Waals surface area contributed by atoms with Gasteiger partial charge in [-0.1, -0.05) is 12.1 Å². The van der Waals surface area contributed by atoms with Gasteiger partial charge in [0.2, 0.25) is 0 Å². The van der Waals surface area contributed by atoms with Crippen molar-refractivity contribution in [2.24, 2.45) is 4.99 Å². The van der Waals surface area contributed by atoms with E-state index in [4.69, 9.17) is 4.74 Å². The molecule has 3 N–H and O–H groups in total. The zero-order valence-corrected chi connectivity index (χ0v) is 15.8. The summed E-state index contributed by atoms with van der Waals surface area (Å²) >= 11 is 2.06. The average Bonchev–Trinajstić information content (AvgIpc) is 3.03. The van der Waals surface area contributed by atoms with Crippen molar-refractivity contribution in [3.05, 3.63) is 29.8 Å². The number of benzene rings is 1. The summed E-state index contributed by atoms with van der Waals surface area (Å²) in [4.78, 5) is 4.32. The standard InChI is InChI=1S/C18H30N4OS/c1-18(9-4-12-24-18)14-22-17(19-2)21-13-15-5-7-16(8-6-15)20-10-11-23-3/h5-8,20H,4,9-14H2,1-3H3,(H2,19,21,22). The summed E-state index contributed by atoms with van der Waals surface area (Å²) in [5.41, 5.74) is 2.35. The number of hydrogen-bond donors (Lipinski definition) is 3. The zero-order chi connectivity index (χ0) is 17.3. The maximum atomic E-state index is 5.04. The second-order valence-electron chi connectivity index (χ2n) is 6.30. The lowest BCUT2D eigenvalue weighted by Gasteiger charge is -2.24. The molecule has 1 saturated heterocycles. The predicted molar refractivity (Wildman–Crippen MR) is 105 cm³/mol. The van der Waals surface area contributed by atoms with E-state index in [1.165, 1.54) is 24.2 Å². The first-order chi connectivity index (χ1) is 11.6. The third-order valence-corrected chi connectivity index (χ3v) is 5.74. The molecule has 1 aromatic rings. The molecule has 1 aliphatic heterocycles. The third kappa shape index (κ3) is 6.24. The van der Waals surface area contributed by atoms with Gasteiger partial charge >= 0.3 is 0 Å². The van der Waals surface area contributed by atoms with Gasteiger partial charge in [0.15, 0.2) is 5.96 Å². The molecule has 0 radical (unpaired) electrons. The number of nitrogens with one attached hydrogen (secondary N) is 3. The van der Waals surface area contributed by atoms with E-state index >= 15 is 0 Å². The fourth-order valence-corrected chi connectivity index (χ4v) is 3.94. The summed E-state index contributed by atoms with van der Waals surface area (Å²) in [6, 6.07) is 8.45. The Labute approximate surface area is 150 Å². The Bertz CT molecular complexity index is 512. The topological polar surface area (TPSA) is 57.7 Å². The average molecular weight is 351 g/mol. The fourth-order valence-electron chi connectivity index (χ4n) is 2.69. The van der Waals surface area contributed by atoms with Gasteiger partial charge in [0.1, 0.15) is 0 Å². The molecule has 0 amide bonds. The second kappa shape index (κ2) is 9.79.